The molecule has 3 aliphatic rings. The molecule has 1 aromatic carbocycles. The van der Waals surface area contributed by atoms with Gasteiger partial charge in [-0.3, -0.25) is 9.59 Å². The van der Waals surface area contributed by atoms with Gasteiger partial charge in [-0.05, 0) is 31.2 Å². The molecule has 0 spiro atoms. The summed E-state index contributed by atoms with van der Waals surface area (Å²) in [5, 5.41) is 0. The van der Waals surface area contributed by atoms with Gasteiger partial charge in [-0.25, -0.2) is 4.79 Å². The number of carbonyl (C=O) groups is 3. The summed E-state index contributed by atoms with van der Waals surface area (Å²) in [5.41, 5.74) is 1.20. The first-order valence-electron chi connectivity index (χ1n) is 10.8. The van der Waals surface area contributed by atoms with Gasteiger partial charge in [-0.1, -0.05) is 30.3 Å². The van der Waals surface area contributed by atoms with Gasteiger partial charge in [-0.15, -0.1) is 0 Å². The van der Waals surface area contributed by atoms with Crippen LogP contribution in [0.1, 0.15) is 37.7 Å². The zero-order valence-corrected chi connectivity index (χ0v) is 16.9. The van der Waals surface area contributed by atoms with Crippen LogP contribution in [-0.4, -0.2) is 66.3 Å². The van der Waals surface area contributed by atoms with Crippen molar-refractivity contribution in [2.24, 2.45) is 11.8 Å². The maximum Gasteiger partial charge on any atom is 0.320 e. The SMILES string of the molecule is O=C1CO[C@H]2CCN(C(=O)N3CCC(C(=O)CCc4ccccc4)CC3)C[C@H]2C1. The van der Waals surface area contributed by atoms with Crippen LogP contribution >= 0.6 is 0 Å². The fourth-order valence-electron chi connectivity index (χ4n) is 4.86. The number of Topliss-reactive ketones (excluding diaryl/α,β-unsaturated/α-hetero) is 2. The third-order valence-corrected chi connectivity index (χ3v) is 6.61. The van der Waals surface area contributed by atoms with Gasteiger partial charge in [0.1, 0.15) is 12.4 Å². The molecule has 0 N–H and O–H groups in total. The molecule has 3 saturated heterocycles. The second-order valence-electron chi connectivity index (χ2n) is 8.58. The Morgan fingerprint density at radius 3 is 2.48 bits per heavy atom. The number of nitrogens with zero attached hydrogens (tertiary/aromatic N) is 2. The van der Waals surface area contributed by atoms with E-state index in [0.29, 0.717) is 44.8 Å². The van der Waals surface area contributed by atoms with Crippen LogP contribution in [0.4, 0.5) is 4.79 Å². The van der Waals surface area contributed by atoms with Crippen molar-refractivity contribution >= 4 is 17.6 Å². The third-order valence-electron chi connectivity index (χ3n) is 6.61. The normalized spacial score (nSPS) is 25.6. The highest BCUT2D eigenvalue weighted by Gasteiger charge is 2.38. The summed E-state index contributed by atoms with van der Waals surface area (Å²) in [4.78, 5) is 40.9. The predicted octanol–water partition coefficient (Wildman–Crippen LogP) is 2.70. The molecule has 0 aromatic heterocycles. The average Bonchev–Trinajstić information content (AvgIpc) is 2.77. The molecular weight excluding hydrogens is 368 g/mol. The Hall–Kier alpha value is -2.21. The second-order valence-corrected chi connectivity index (χ2v) is 8.58. The number of hydrogen-bond donors (Lipinski definition) is 0. The van der Waals surface area contributed by atoms with Crippen LogP contribution in [0.15, 0.2) is 30.3 Å². The van der Waals surface area contributed by atoms with Crippen LogP contribution in [0.25, 0.3) is 0 Å². The first-order valence-corrected chi connectivity index (χ1v) is 10.8. The highest BCUT2D eigenvalue weighted by Crippen LogP contribution is 2.28. The summed E-state index contributed by atoms with van der Waals surface area (Å²) >= 11 is 0. The van der Waals surface area contributed by atoms with E-state index < -0.39 is 0 Å². The lowest BCUT2D eigenvalue weighted by Crippen LogP contribution is -2.54. The number of benzene rings is 1. The van der Waals surface area contributed by atoms with Crippen molar-refractivity contribution in [2.45, 2.75) is 44.6 Å². The largest absolute Gasteiger partial charge is 0.370 e. The molecule has 0 aliphatic carbocycles. The number of likely N-dealkylation sites (tertiary alicyclic amines) is 2. The number of ketones is 2. The maximum absolute atomic E-state index is 12.9. The predicted molar refractivity (Wildman–Crippen MR) is 109 cm³/mol. The van der Waals surface area contributed by atoms with Crippen LogP contribution < -0.4 is 0 Å². The summed E-state index contributed by atoms with van der Waals surface area (Å²) in [5.74, 6) is 0.652. The van der Waals surface area contributed by atoms with E-state index in [1.807, 2.05) is 28.0 Å². The van der Waals surface area contributed by atoms with Gasteiger partial charge in [0.2, 0.25) is 0 Å². The summed E-state index contributed by atoms with van der Waals surface area (Å²) < 4.78 is 5.62. The molecule has 0 saturated carbocycles. The molecular formula is C23H30N2O4. The number of rotatable bonds is 4. The van der Waals surface area contributed by atoms with Gasteiger partial charge < -0.3 is 14.5 Å². The van der Waals surface area contributed by atoms with E-state index in [2.05, 4.69) is 12.1 Å². The van der Waals surface area contributed by atoms with Gasteiger partial charge in [0.25, 0.3) is 0 Å². The highest BCUT2D eigenvalue weighted by molar-refractivity contribution is 5.82. The van der Waals surface area contributed by atoms with Crippen molar-refractivity contribution in [3.05, 3.63) is 35.9 Å². The van der Waals surface area contributed by atoms with Crippen LogP contribution in [0.3, 0.4) is 0 Å². The lowest BCUT2D eigenvalue weighted by atomic mass is 9.88. The summed E-state index contributed by atoms with van der Waals surface area (Å²) in [6, 6.07) is 10.2. The lowest BCUT2D eigenvalue weighted by Gasteiger charge is -2.43. The number of piperidine rings is 2. The van der Waals surface area contributed by atoms with E-state index in [9.17, 15) is 14.4 Å². The molecule has 3 fully saturated rings. The number of urea groups is 1. The minimum Gasteiger partial charge on any atom is -0.370 e. The number of amides is 2. The van der Waals surface area contributed by atoms with Crippen LogP contribution in [0.5, 0.6) is 0 Å². The molecule has 3 aliphatic heterocycles. The minimum atomic E-state index is 0.0525. The molecule has 0 unspecified atom stereocenters. The number of ether oxygens (including phenoxy) is 1. The topological polar surface area (TPSA) is 66.9 Å². The van der Waals surface area contributed by atoms with Crippen LogP contribution in [-0.2, 0) is 20.7 Å². The Balaban J connectivity index is 1.23. The lowest BCUT2D eigenvalue weighted by molar-refractivity contribution is -0.139. The average molecular weight is 399 g/mol. The molecule has 6 nitrogen and oxygen atoms in total. The summed E-state index contributed by atoms with van der Waals surface area (Å²) in [7, 11) is 0. The molecule has 6 heteroatoms. The summed E-state index contributed by atoms with van der Waals surface area (Å²) in [6.45, 7) is 2.79. The standard InChI is InChI=1S/C23H30N2O4/c26-20-14-19-15-25(13-10-22(19)29-16-20)23(28)24-11-8-18(9-12-24)21(27)7-6-17-4-2-1-3-5-17/h1-5,18-19,22H,6-16H2/t19-,22+/m1/s1. The van der Waals surface area contributed by atoms with Gasteiger partial charge in [0, 0.05) is 50.9 Å². The Morgan fingerprint density at radius 1 is 1.00 bits per heavy atom. The third kappa shape index (κ3) is 4.86. The minimum absolute atomic E-state index is 0.0525. The Bertz CT molecular complexity index is 743. The molecule has 29 heavy (non-hydrogen) atoms. The molecule has 1 aromatic rings. The zero-order chi connectivity index (χ0) is 20.2. The van der Waals surface area contributed by atoms with Gasteiger partial charge in [-0.2, -0.15) is 0 Å². The van der Waals surface area contributed by atoms with E-state index in [0.717, 1.165) is 25.7 Å². The van der Waals surface area contributed by atoms with E-state index in [-0.39, 0.29) is 36.4 Å². The molecule has 0 bridgehead atoms. The quantitative estimate of drug-likeness (QED) is 0.782. The Labute approximate surface area is 172 Å². The Kier molecular flexibility index (Phi) is 6.28. The fraction of sp³-hybridized carbons (Fsp3) is 0.609. The zero-order valence-electron chi connectivity index (χ0n) is 16.9. The molecule has 2 atom stereocenters. The first-order chi connectivity index (χ1) is 14.1. The molecule has 4 rings (SSSR count). The van der Waals surface area contributed by atoms with E-state index in [1.54, 1.807) is 0 Å². The van der Waals surface area contributed by atoms with Crippen molar-refractivity contribution in [1.29, 1.82) is 0 Å². The molecule has 2 amide bonds. The van der Waals surface area contributed by atoms with E-state index in [4.69, 9.17) is 4.74 Å². The van der Waals surface area contributed by atoms with Crippen LogP contribution in [0, 0.1) is 11.8 Å². The van der Waals surface area contributed by atoms with Crippen LogP contribution in [0.2, 0.25) is 0 Å². The van der Waals surface area contributed by atoms with Crippen molar-refractivity contribution in [3.63, 3.8) is 0 Å². The number of fused-ring (bicyclic) bond motifs is 1. The van der Waals surface area contributed by atoms with E-state index in [1.165, 1.54) is 5.56 Å². The maximum atomic E-state index is 12.9. The van der Waals surface area contributed by atoms with Crippen molar-refractivity contribution in [2.75, 3.05) is 32.8 Å². The van der Waals surface area contributed by atoms with Gasteiger partial charge >= 0.3 is 6.03 Å². The smallest absolute Gasteiger partial charge is 0.320 e. The number of carbonyl (C=O) groups excluding carboxylic acids is 3. The Morgan fingerprint density at radius 2 is 1.72 bits per heavy atom. The van der Waals surface area contributed by atoms with Crippen molar-refractivity contribution in [3.8, 4) is 0 Å². The monoisotopic (exact) mass is 398 g/mol. The fourth-order valence-corrected chi connectivity index (χ4v) is 4.86. The first kappa shape index (κ1) is 20.1. The van der Waals surface area contributed by atoms with Crippen molar-refractivity contribution < 1.29 is 19.1 Å². The molecule has 3 heterocycles. The summed E-state index contributed by atoms with van der Waals surface area (Å²) in [6.07, 6.45) is 4.30. The van der Waals surface area contributed by atoms with Gasteiger partial charge in [0.05, 0.1) is 6.10 Å². The number of hydrogen-bond acceptors (Lipinski definition) is 4. The molecule has 156 valence electrons. The number of aryl methyl sites for hydroxylation is 1. The van der Waals surface area contributed by atoms with Crippen molar-refractivity contribution in [1.82, 2.24) is 9.80 Å². The highest BCUT2D eigenvalue weighted by atomic mass is 16.5. The van der Waals surface area contributed by atoms with E-state index >= 15 is 0 Å². The second kappa shape index (κ2) is 9.08. The molecule has 0 radical (unpaired) electrons. The van der Waals surface area contributed by atoms with Gasteiger partial charge in [0.15, 0.2) is 5.78 Å².